The Balaban J connectivity index is 1.94. The summed E-state index contributed by atoms with van der Waals surface area (Å²) in [5.41, 5.74) is 2.07. The van der Waals surface area contributed by atoms with Crippen LogP contribution in [0.25, 0.3) is 0 Å². The number of carbonyl (C=O) groups is 2. The summed E-state index contributed by atoms with van der Waals surface area (Å²) in [7, 11) is 0. The van der Waals surface area contributed by atoms with Gasteiger partial charge in [0.2, 0.25) is 0 Å². The Bertz CT molecular complexity index is 500. The maximum atomic E-state index is 12.0. The van der Waals surface area contributed by atoms with Crippen molar-refractivity contribution in [2.45, 2.75) is 32.0 Å². The highest BCUT2D eigenvalue weighted by atomic mass is 16.4. The molecule has 0 bridgehead atoms. The second kappa shape index (κ2) is 5.92. The summed E-state index contributed by atoms with van der Waals surface area (Å²) >= 11 is 0. The van der Waals surface area contributed by atoms with Gasteiger partial charge in [-0.1, -0.05) is 29.8 Å². The predicted octanol–water partition coefficient (Wildman–Crippen LogP) is 0.724. The minimum atomic E-state index is -1.09. The SMILES string of the molecule is Cc1ccc(CNC(=O)N2C[C@H](O)C[C@@H]2C(=O)O)cc1. The molecular weight excluding hydrogens is 260 g/mol. The molecule has 0 unspecified atom stereocenters. The molecule has 20 heavy (non-hydrogen) atoms. The highest BCUT2D eigenvalue weighted by Crippen LogP contribution is 2.18. The lowest BCUT2D eigenvalue weighted by atomic mass is 10.1. The Labute approximate surface area is 117 Å². The molecule has 3 N–H and O–H groups in total. The van der Waals surface area contributed by atoms with Gasteiger partial charge in [0.1, 0.15) is 6.04 Å². The van der Waals surface area contributed by atoms with E-state index in [-0.39, 0.29) is 13.0 Å². The van der Waals surface area contributed by atoms with Gasteiger partial charge >= 0.3 is 12.0 Å². The van der Waals surface area contributed by atoms with Gasteiger partial charge in [-0.3, -0.25) is 0 Å². The van der Waals surface area contributed by atoms with Gasteiger partial charge in [-0.05, 0) is 12.5 Å². The van der Waals surface area contributed by atoms with Crippen molar-refractivity contribution in [3.05, 3.63) is 35.4 Å². The molecule has 0 radical (unpaired) electrons. The lowest BCUT2D eigenvalue weighted by Crippen LogP contribution is -2.45. The molecule has 1 aromatic rings. The van der Waals surface area contributed by atoms with Crippen LogP contribution in [0.5, 0.6) is 0 Å². The van der Waals surface area contributed by atoms with E-state index in [9.17, 15) is 14.7 Å². The van der Waals surface area contributed by atoms with Gasteiger partial charge in [-0.2, -0.15) is 0 Å². The third-order valence-electron chi connectivity index (χ3n) is 3.39. The van der Waals surface area contributed by atoms with E-state index in [1.54, 1.807) is 0 Å². The quantitative estimate of drug-likeness (QED) is 0.760. The van der Waals surface area contributed by atoms with Crippen molar-refractivity contribution in [1.29, 1.82) is 0 Å². The van der Waals surface area contributed by atoms with Crippen LogP contribution < -0.4 is 5.32 Å². The van der Waals surface area contributed by atoms with Crippen molar-refractivity contribution in [1.82, 2.24) is 10.2 Å². The molecule has 1 aliphatic rings. The zero-order valence-electron chi connectivity index (χ0n) is 11.2. The Morgan fingerprint density at radius 3 is 2.60 bits per heavy atom. The summed E-state index contributed by atoms with van der Waals surface area (Å²) in [6.07, 6.45) is -0.700. The number of nitrogens with one attached hydrogen (secondary N) is 1. The topological polar surface area (TPSA) is 89.9 Å². The molecule has 108 valence electrons. The molecule has 1 heterocycles. The molecule has 0 spiro atoms. The van der Waals surface area contributed by atoms with Crippen LogP contribution >= 0.6 is 0 Å². The van der Waals surface area contributed by atoms with E-state index in [2.05, 4.69) is 5.32 Å². The fourth-order valence-corrected chi connectivity index (χ4v) is 2.26. The number of carboxylic acids is 1. The number of nitrogens with zero attached hydrogens (tertiary/aromatic N) is 1. The number of amides is 2. The fourth-order valence-electron chi connectivity index (χ4n) is 2.26. The van der Waals surface area contributed by atoms with Crippen molar-refractivity contribution in [2.75, 3.05) is 6.54 Å². The Morgan fingerprint density at radius 1 is 1.35 bits per heavy atom. The van der Waals surface area contributed by atoms with Crippen LogP contribution in [0.1, 0.15) is 17.5 Å². The average molecular weight is 278 g/mol. The van der Waals surface area contributed by atoms with E-state index >= 15 is 0 Å². The Kier molecular flexibility index (Phi) is 4.24. The first kappa shape index (κ1) is 14.3. The van der Waals surface area contributed by atoms with E-state index in [0.29, 0.717) is 6.54 Å². The maximum Gasteiger partial charge on any atom is 0.326 e. The van der Waals surface area contributed by atoms with Crippen LogP contribution in [-0.4, -0.2) is 45.8 Å². The number of carbonyl (C=O) groups excluding carboxylic acids is 1. The van der Waals surface area contributed by atoms with Crippen LogP contribution in [0.2, 0.25) is 0 Å². The molecule has 0 aromatic heterocycles. The minimum Gasteiger partial charge on any atom is -0.480 e. The number of hydrogen-bond donors (Lipinski definition) is 3. The summed E-state index contributed by atoms with van der Waals surface area (Å²) < 4.78 is 0. The molecule has 2 amide bonds. The van der Waals surface area contributed by atoms with Crippen molar-refractivity contribution < 1.29 is 19.8 Å². The molecule has 2 atom stereocenters. The molecule has 0 saturated carbocycles. The summed E-state index contributed by atoms with van der Waals surface area (Å²) in [5, 5.41) is 21.2. The van der Waals surface area contributed by atoms with E-state index < -0.39 is 24.1 Å². The number of benzene rings is 1. The number of rotatable bonds is 3. The summed E-state index contributed by atoms with van der Waals surface area (Å²) in [6.45, 7) is 2.36. The lowest BCUT2D eigenvalue weighted by Gasteiger charge is -2.21. The van der Waals surface area contributed by atoms with Crippen LogP contribution in [0.4, 0.5) is 4.79 Å². The van der Waals surface area contributed by atoms with E-state index in [1.165, 1.54) is 4.90 Å². The standard InChI is InChI=1S/C14H18N2O4/c1-9-2-4-10(5-3-9)7-15-14(20)16-8-11(17)6-12(16)13(18)19/h2-5,11-12,17H,6-8H2,1H3,(H,15,20)(H,18,19)/t11-,12-/m1/s1. The Hall–Kier alpha value is -2.08. The van der Waals surface area contributed by atoms with Gasteiger partial charge in [0.15, 0.2) is 0 Å². The third kappa shape index (κ3) is 3.27. The molecule has 1 saturated heterocycles. The minimum absolute atomic E-state index is 0.0523. The number of hydrogen-bond acceptors (Lipinski definition) is 3. The second-order valence-electron chi connectivity index (χ2n) is 5.04. The molecule has 1 aromatic carbocycles. The number of aryl methyl sites for hydroxylation is 1. The van der Waals surface area contributed by atoms with Gasteiger partial charge in [0.05, 0.1) is 6.10 Å². The summed E-state index contributed by atoms with van der Waals surface area (Å²) in [4.78, 5) is 24.2. The van der Waals surface area contributed by atoms with Crippen LogP contribution in [0.15, 0.2) is 24.3 Å². The van der Waals surface area contributed by atoms with Gasteiger partial charge in [-0.25, -0.2) is 9.59 Å². The number of carboxylic acid groups (broad SMARTS) is 1. The summed E-state index contributed by atoms with van der Waals surface area (Å²) in [5.74, 6) is -1.09. The van der Waals surface area contributed by atoms with E-state index in [1.807, 2.05) is 31.2 Å². The van der Waals surface area contributed by atoms with Crippen LogP contribution in [0.3, 0.4) is 0 Å². The first-order chi connectivity index (χ1) is 9.47. The zero-order chi connectivity index (χ0) is 14.7. The molecule has 2 rings (SSSR count). The molecule has 6 heteroatoms. The van der Waals surface area contributed by atoms with Gasteiger partial charge in [0, 0.05) is 19.5 Å². The predicted molar refractivity (Wildman–Crippen MR) is 72.2 cm³/mol. The van der Waals surface area contributed by atoms with E-state index in [0.717, 1.165) is 11.1 Å². The number of aliphatic hydroxyl groups is 1. The largest absolute Gasteiger partial charge is 0.480 e. The maximum absolute atomic E-state index is 12.0. The monoisotopic (exact) mass is 278 g/mol. The second-order valence-corrected chi connectivity index (χ2v) is 5.04. The lowest BCUT2D eigenvalue weighted by molar-refractivity contribution is -0.141. The number of β-amino-alcohol motifs (C(OH)–C–C–N with tert-alkyl or cyclic N) is 1. The number of aliphatic carboxylic acids is 1. The number of urea groups is 1. The first-order valence-electron chi connectivity index (χ1n) is 6.48. The van der Waals surface area contributed by atoms with Crippen molar-refractivity contribution >= 4 is 12.0 Å². The average Bonchev–Trinajstić information content (AvgIpc) is 2.80. The molecule has 1 aliphatic heterocycles. The molecule has 0 aliphatic carbocycles. The normalized spacial score (nSPS) is 21.8. The Morgan fingerprint density at radius 2 is 2.00 bits per heavy atom. The zero-order valence-corrected chi connectivity index (χ0v) is 11.2. The molecule has 1 fully saturated rings. The van der Waals surface area contributed by atoms with E-state index in [4.69, 9.17) is 5.11 Å². The highest BCUT2D eigenvalue weighted by molar-refractivity contribution is 5.83. The number of aliphatic hydroxyl groups excluding tert-OH is 1. The highest BCUT2D eigenvalue weighted by Gasteiger charge is 2.38. The van der Waals surface area contributed by atoms with Crippen molar-refractivity contribution in [3.63, 3.8) is 0 Å². The van der Waals surface area contributed by atoms with Crippen LogP contribution in [-0.2, 0) is 11.3 Å². The van der Waals surface area contributed by atoms with Crippen molar-refractivity contribution in [2.24, 2.45) is 0 Å². The van der Waals surface area contributed by atoms with Gasteiger partial charge < -0.3 is 20.4 Å². The van der Waals surface area contributed by atoms with Crippen molar-refractivity contribution in [3.8, 4) is 0 Å². The smallest absolute Gasteiger partial charge is 0.326 e. The number of likely N-dealkylation sites (tertiary alicyclic amines) is 1. The first-order valence-corrected chi connectivity index (χ1v) is 6.48. The van der Waals surface area contributed by atoms with Gasteiger partial charge in [0.25, 0.3) is 0 Å². The third-order valence-corrected chi connectivity index (χ3v) is 3.39. The summed E-state index contributed by atoms with van der Waals surface area (Å²) in [6, 6.07) is 6.28. The molecule has 6 nitrogen and oxygen atoms in total. The fraction of sp³-hybridized carbons (Fsp3) is 0.429. The van der Waals surface area contributed by atoms with Gasteiger partial charge in [-0.15, -0.1) is 0 Å². The molecular formula is C14H18N2O4. The van der Waals surface area contributed by atoms with Crippen LogP contribution in [0, 0.1) is 6.92 Å².